The first-order valence-electron chi connectivity index (χ1n) is 8.88. The molecule has 1 saturated carbocycles. The summed E-state index contributed by atoms with van der Waals surface area (Å²) in [4.78, 5) is 26.6. The van der Waals surface area contributed by atoms with E-state index in [1.54, 1.807) is 24.1 Å². The number of hydrogen-bond donors (Lipinski definition) is 1. The quantitative estimate of drug-likeness (QED) is 0.924. The largest absolute Gasteiger partial charge is 0.353 e. The van der Waals surface area contributed by atoms with Crippen molar-refractivity contribution >= 4 is 11.8 Å². The summed E-state index contributed by atoms with van der Waals surface area (Å²) in [6, 6.07) is 6.08. The molecule has 0 bridgehead atoms. The average Bonchev–Trinajstić information content (AvgIpc) is 2.58. The molecule has 2 atom stereocenters. The molecule has 5 heteroatoms. The Balaban J connectivity index is 1.80. The fourth-order valence-corrected chi connectivity index (χ4v) is 4.01. The lowest BCUT2D eigenvalue weighted by atomic mass is 9.83. The molecular weight excluding hydrogens is 307 g/mol. The molecule has 1 aliphatic heterocycles. The highest BCUT2D eigenvalue weighted by Gasteiger charge is 2.39. The van der Waals surface area contributed by atoms with E-state index in [0.717, 1.165) is 25.7 Å². The van der Waals surface area contributed by atoms with Crippen LogP contribution in [0, 0.1) is 11.7 Å². The third-order valence-corrected chi connectivity index (χ3v) is 5.34. The van der Waals surface area contributed by atoms with Gasteiger partial charge in [0, 0.05) is 19.5 Å². The molecule has 4 nitrogen and oxygen atoms in total. The molecule has 0 aromatic heterocycles. The topological polar surface area (TPSA) is 49.4 Å². The van der Waals surface area contributed by atoms with Crippen molar-refractivity contribution in [2.24, 2.45) is 5.92 Å². The molecule has 1 saturated heterocycles. The maximum absolute atomic E-state index is 13.6. The first-order valence-corrected chi connectivity index (χ1v) is 8.88. The van der Waals surface area contributed by atoms with Crippen LogP contribution >= 0.6 is 0 Å². The third kappa shape index (κ3) is 3.60. The molecule has 2 aliphatic rings. The van der Waals surface area contributed by atoms with E-state index in [0.29, 0.717) is 18.4 Å². The minimum absolute atomic E-state index is 0.00416. The predicted octanol–water partition coefficient (Wildman–Crippen LogP) is 3.18. The van der Waals surface area contributed by atoms with Gasteiger partial charge >= 0.3 is 0 Å². The van der Waals surface area contributed by atoms with Gasteiger partial charge in [-0.1, -0.05) is 31.4 Å². The number of amides is 2. The molecule has 130 valence electrons. The summed E-state index contributed by atoms with van der Waals surface area (Å²) in [7, 11) is 1.71. The lowest BCUT2D eigenvalue weighted by Gasteiger charge is -2.39. The Kier molecular flexibility index (Phi) is 5.17. The van der Waals surface area contributed by atoms with Crippen LogP contribution in [0.2, 0.25) is 0 Å². The highest BCUT2D eigenvalue weighted by molar-refractivity contribution is 5.85. The molecule has 1 aromatic rings. The second kappa shape index (κ2) is 7.32. The van der Waals surface area contributed by atoms with Crippen molar-refractivity contribution in [2.45, 2.75) is 57.0 Å². The van der Waals surface area contributed by atoms with Gasteiger partial charge < -0.3 is 10.2 Å². The first-order chi connectivity index (χ1) is 11.6. The van der Waals surface area contributed by atoms with E-state index >= 15 is 0 Å². The summed E-state index contributed by atoms with van der Waals surface area (Å²) in [5.41, 5.74) is 0.689. The molecule has 1 aromatic carbocycles. The Labute approximate surface area is 142 Å². The number of rotatable bonds is 3. The van der Waals surface area contributed by atoms with E-state index in [9.17, 15) is 14.0 Å². The Hall–Kier alpha value is -1.91. The van der Waals surface area contributed by atoms with Gasteiger partial charge in [-0.2, -0.15) is 0 Å². The van der Waals surface area contributed by atoms with Gasteiger partial charge in [-0.05, 0) is 37.0 Å². The van der Waals surface area contributed by atoms with Crippen LogP contribution in [-0.4, -0.2) is 29.8 Å². The molecule has 1 N–H and O–H groups in total. The lowest BCUT2D eigenvalue weighted by molar-refractivity contribution is -0.142. The summed E-state index contributed by atoms with van der Waals surface area (Å²) in [6.07, 6.45) is 6.48. The maximum Gasteiger partial charge on any atom is 0.225 e. The van der Waals surface area contributed by atoms with E-state index in [-0.39, 0.29) is 29.6 Å². The second-order valence-corrected chi connectivity index (χ2v) is 6.99. The van der Waals surface area contributed by atoms with Crippen molar-refractivity contribution in [1.82, 2.24) is 10.2 Å². The van der Waals surface area contributed by atoms with Gasteiger partial charge in [-0.3, -0.25) is 9.59 Å². The monoisotopic (exact) mass is 332 g/mol. The molecule has 0 unspecified atom stereocenters. The van der Waals surface area contributed by atoms with E-state index in [2.05, 4.69) is 5.32 Å². The zero-order chi connectivity index (χ0) is 17.1. The van der Waals surface area contributed by atoms with Gasteiger partial charge in [0.2, 0.25) is 11.8 Å². The summed E-state index contributed by atoms with van der Waals surface area (Å²) in [5, 5.41) is 3.17. The lowest BCUT2D eigenvalue weighted by Crippen LogP contribution is -2.48. The molecule has 0 radical (unpaired) electrons. The number of halogens is 1. The van der Waals surface area contributed by atoms with E-state index in [4.69, 9.17) is 0 Å². The Morgan fingerprint density at radius 1 is 1.21 bits per heavy atom. The van der Waals surface area contributed by atoms with Crippen LogP contribution < -0.4 is 5.32 Å². The van der Waals surface area contributed by atoms with Gasteiger partial charge in [0.1, 0.15) is 5.82 Å². The molecule has 24 heavy (non-hydrogen) atoms. The molecule has 3 rings (SSSR count). The van der Waals surface area contributed by atoms with Crippen LogP contribution in [0.25, 0.3) is 0 Å². The van der Waals surface area contributed by atoms with Gasteiger partial charge in [0.15, 0.2) is 0 Å². The number of nitrogens with one attached hydrogen (secondary N) is 1. The normalized spacial score (nSPS) is 25.6. The number of nitrogens with zero attached hydrogens (tertiary/aromatic N) is 1. The van der Waals surface area contributed by atoms with Crippen LogP contribution in [0.4, 0.5) is 4.39 Å². The number of carbonyl (C=O) groups excluding carboxylic acids is 2. The average molecular weight is 332 g/mol. The maximum atomic E-state index is 13.6. The summed E-state index contributed by atoms with van der Waals surface area (Å²) in [6.45, 7) is 0. The third-order valence-electron chi connectivity index (χ3n) is 5.34. The minimum atomic E-state index is -0.398. The Bertz CT molecular complexity index is 613. The number of hydrogen-bond acceptors (Lipinski definition) is 2. The standard InChI is InChI=1S/C19H25FN2O2/c1-22-17(23)11-10-16(18(22)13-6-5-7-14(20)12-13)19(24)21-15-8-3-2-4-9-15/h5-7,12,15-16,18H,2-4,8-11H2,1H3,(H,21,24)/t16-,18+/m1/s1. The van der Waals surface area contributed by atoms with Crippen LogP contribution in [0.15, 0.2) is 24.3 Å². The molecule has 2 fully saturated rings. The van der Waals surface area contributed by atoms with Gasteiger partial charge in [0.05, 0.1) is 12.0 Å². The van der Waals surface area contributed by atoms with E-state index < -0.39 is 6.04 Å². The van der Waals surface area contributed by atoms with Crippen molar-refractivity contribution in [3.8, 4) is 0 Å². The Morgan fingerprint density at radius 3 is 2.67 bits per heavy atom. The Morgan fingerprint density at radius 2 is 1.96 bits per heavy atom. The van der Waals surface area contributed by atoms with Crippen LogP contribution in [0.3, 0.4) is 0 Å². The number of carbonyl (C=O) groups is 2. The zero-order valence-corrected chi connectivity index (χ0v) is 14.1. The highest BCUT2D eigenvalue weighted by atomic mass is 19.1. The summed E-state index contributed by atoms with van der Waals surface area (Å²) < 4.78 is 13.6. The van der Waals surface area contributed by atoms with Crippen molar-refractivity contribution in [1.29, 1.82) is 0 Å². The van der Waals surface area contributed by atoms with E-state index in [1.165, 1.54) is 18.6 Å². The smallest absolute Gasteiger partial charge is 0.225 e. The molecule has 2 amide bonds. The first kappa shape index (κ1) is 16.9. The summed E-state index contributed by atoms with van der Waals surface area (Å²) >= 11 is 0. The number of piperidine rings is 1. The molecule has 0 spiro atoms. The molecule has 1 aliphatic carbocycles. The fourth-order valence-electron chi connectivity index (χ4n) is 4.01. The number of benzene rings is 1. The zero-order valence-electron chi connectivity index (χ0n) is 14.1. The van der Waals surface area contributed by atoms with Crippen molar-refractivity contribution in [2.75, 3.05) is 7.05 Å². The van der Waals surface area contributed by atoms with Crippen molar-refractivity contribution in [3.05, 3.63) is 35.6 Å². The fraction of sp³-hybridized carbons (Fsp3) is 0.579. The highest BCUT2D eigenvalue weighted by Crippen LogP contribution is 2.36. The molecular formula is C19H25FN2O2. The van der Waals surface area contributed by atoms with Gasteiger partial charge in [-0.15, -0.1) is 0 Å². The molecule has 1 heterocycles. The van der Waals surface area contributed by atoms with Crippen LogP contribution in [0.1, 0.15) is 56.6 Å². The SMILES string of the molecule is CN1C(=O)CC[C@@H](C(=O)NC2CCCCC2)[C@@H]1c1cccc(F)c1. The van der Waals surface area contributed by atoms with E-state index in [1.807, 2.05) is 0 Å². The van der Waals surface area contributed by atoms with Crippen LogP contribution in [-0.2, 0) is 9.59 Å². The van der Waals surface area contributed by atoms with Crippen LogP contribution in [0.5, 0.6) is 0 Å². The predicted molar refractivity (Wildman–Crippen MR) is 89.7 cm³/mol. The second-order valence-electron chi connectivity index (χ2n) is 6.99. The van der Waals surface area contributed by atoms with Crippen molar-refractivity contribution < 1.29 is 14.0 Å². The minimum Gasteiger partial charge on any atom is -0.353 e. The number of likely N-dealkylation sites (tertiary alicyclic amines) is 1. The summed E-state index contributed by atoms with van der Waals surface area (Å²) in [5.74, 6) is -0.664. The van der Waals surface area contributed by atoms with Crippen molar-refractivity contribution in [3.63, 3.8) is 0 Å². The van der Waals surface area contributed by atoms with Gasteiger partial charge in [0.25, 0.3) is 0 Å². The van der Waals surface area contributed by atoms with Gasteiger partial charge in [-0.25, -0.2) is 4.39 Å².